The Morgan fingerprint density at radius 1 is 1.16 bits per heavy atom. The summed E-state index contributed by atoms with van der Waals surface area (Å²) in [5.41, 5.74) is 10.2. The summed E-state index contributed by atoms with van der Waals surface area (Å²) in [6.07, 6.45) is 1.88. The highest BCUT2D eigenvalue weighted by atomic mass is 79.9. The van der Waals surface area contributed by atoms with Crippen LogP contribution in [0.2, 0.25) is 0 Å². The van der Waals surface area contributed by atoms with Gasteiger partial charge in [-0.25, -0.2) is 4.98 Å². The molecule has 0 aliphatic heterocycles. The average Bonchev–Trinajstić information content (AvgIpc) is 2.84. The molecule has 0 spiro atoms. The molecule has 0 aliphatic carbocycles. The highest BCUT2D eigenvalue weighted by Crippen LogP contribution is 2.21. The first-order chi connectivity index (χ1) is 9.28. The van der Waals surface area contributed by atoms with E-state index in [4.69, 9.17) is 5.73 Å². The van der Waals surface area contributed by atoms with Crippen LogP contribution in [-0.2, 0) is 13.1 Å². The third-order valence-corrected chi connectivity index (χ3v) is 3.96. The van der Waals surface area contributed by atoms with Crippen molar-refractivity contribution in [2.45, 2.75) is 13.1 Å². The molecule has 96 valence electrons. The van der Waals surface area contributed by atoms with Gasteiger partial charge in [-0.15, -0.1) is 0 Å². The van der Waals surface area contributed by atoms with E-state index in [1.165, 1.54) is 5.56 Å². The number of nitrogens with two attached hydrogens (primary N) is 1. The number of halogens is 1. The standard InChI is InChI=1S/C15H14BrN3/c16-13-7-11(8-17)5-6-12(13)9-19-10-18-14-3-1-2-4-15(14)19/h1-7,10H,8-9,17H2. The summed E-state index contributed by atoms with van der Waals surface area (Å²) in [6.45, 7) is 1.36. The maximum atomic E-state index is 5.64. The van der Waals surface area contributed by atoms with Crippen molar-refractivity contribution < 1.29 is 0 Å². The zero-order valence-corrected chi connectivity index (χ0v) is 12.0. The number of benzene rings is 2. The smallest absolute Gasteiger partial charge is 0.0961 e. The van der Waals surface area contributed by atoms with Gasteiger partial charge >= 0.3 is 0 Å². The fourth-order valence-electron chi connectivity index (χ4n) is 2.17. The van der Waals surface area contributed by atoms with Gasteiger partial charge in [0, 0.05) is 11.0 Å². The maximum absolute atomic E-state index is 5.64. The average molecular weight is 316 g/mol. The van der Waals surface area contributed by atoms with Crippen molar-refractivity contribution in [3.05, 3.63) is 64.4 Å². The molecule has 19 heavy (non-hydrogen) atoms. The number of hydrogen-bond acceptors (Lipinski definition) is 2. The Hall–Kier alpha value is -1.65. The van der Waals surface area contributed by atoms with Gasteiger partial charge in [0.15, 0.2) is 0 Å². The van der Waals surface area contributed by atoms with Crippen LogP contribution < -0.4 is 5.73 Å². The van der Waals surface area contributed by atoms with E-state index in [2.05, 4.69) is 49.7 Å². The van der Waals surface area contributed by atoms with Gasteiger partial charge in [-0.2, -0.15) is 0 Å². The monoisotopic (exact) mass is 315 g/mol. The van der Waals surface area contributed by atoms with Crippen LogP contribution in [-0.4, -0.2) is 9.55 Å². The molecule has 0 fully saturated rings. The number of rotatable bonds is 3. The van der Waals surface area contributed by atoms with Crippen LogP contribution in [0, 0.1) is 0 Å². The third kappa shape index (κ3) is 2.41. The Labute approximate surface area is 120 Å². The largest absolute Gasteiger partial charge is 0.326 e. The van der Waals surface area contributed by atoms with Crippen LogP contribution in [0.4, 0.5) is 0 Å². The van der Waals surface area contributed by atoms with E-state index in [0.29, 0.717) is 6.54 Å². The molecule has 3 nitrogen and oxygen atoms in total. The van der Waals surface area contributed by atoms with E-state index in [1.54, 1.807) is 0 Å². The van der Waals surface area contributed by atoms with Crippen molar-refractivity contribution in [1.82, 2.24) is 9.55 Å². The van der Waals surface area contributed by atoms with Gasteiger partial charge in [-0.3, -0.25) is 0 Å². The molecule has 0 bridgehead atoms. The van der Waals surface area contributed by atoms with Gasteiger partial charge in [0.05, 0.1) is 23.9 Å². The minimum Gasteiger partial charge on any atom is -0.326 e. The maximum Gasteiger partial charge on any atom is 0.0961 e. The summed E-state index contributed by atoms with van der Waals surface area (Å²) in [4.78, 5) is 4.41. The lowest BCUT2D eigenvalue weighted by Gasteiger charge is -2.08. The lowest BCUT2D eigenvalue weighted by Crippen LogP contribution is -2.01. The van der Waals surface area contributed by atoms with Crippen molar-refractivity contribution in [3.8, 4) is 0 Å². The Balaban J connectivity index is 1.97. The van der Waals surface area contributed by atoms with E-state index in [1.807, 2.05) is 24.5 Å². The van der Waals surface area contributed by atoms with E-state index < -0.39 is 0 Å². The van der Waals surface area contributed by atoms with Crippen LogP contribution in [0.25, 0.3) is 11.0 Å². The van der Waals surface area contributed by atoms with Gasteiger partial charge in [0.2, 0.25) is 0 Å². The molecule has 3 rings (SSSR count). The summed E-state index contributed by atoms with van der Waals surface area (Å²) in [6, 6.07) is 14.4. The molecule has 0 atom stereocenters. The highest BCUT2D eigenvalue weighted by Gasteiger charge is 2.05. The third-order valence-electron chi connectivity index (χ3n) is 3.22. The number of nitrogens with zero attached hydrogens (tertiary/aromatic N) is 2. The van der Waals surface area contributed by atoms with E-state index in [9.17, 15) is 0 Å². The lowest BCUT2D eigenvalue weighted by molar-refractivity contribution is 0.820. The van der Waals surface area contributed by atoms with Gasteiger partial charge < -0.3 is 10.3 Å². The first kappa shape index (κ1) is 12.4. The molecular formula is C15H14BrN3. The Morgan fingerprint density at radius 2 is 2.00 bits per heavy atom. The number of hydrogen-bond donors (Lipinski definition) is 1. The molecule has 0 saturated heterocycles. The summed E-state index contributed by atoms with van der Waals surface area (Å²) in [5.74, 6) is 0. The van der Waals surface area contributed by atoms with Crippen molar-refractivity contribution >= 4 is 27.0 Å². The topological polar surface area (TPSA) is 43.8 Å². The predicted molar refractivity (Wildman–Crippen MR) is 80.9 cm³/mol. The summed E-state index contributed by atoms with van der Waals surface area (Å²) >= 11 is 3.61. The van der Waals surface area contributed by atoms with E-state index in [0.717, 1.165) is 27.6 Å². The summed E-state index contributed by atoms with van der Waals surface area (Å²) in [5, 5.41) is 0. The molecule has 1 aromatic heterocycles. The second-order valence-electron chi connectivity index (χ2n) is 4.49. The molecule has 3 aromatic rings. The fourth-order valence-corrected chi connectivity index (χ4v) is 2.72. The minimum atomic E-state index is 0.562. The Kier molecular flexibility index (Phi) is 3.36. The van der Waals surface area contributed by atoms with Gasteiger partial charge in [0.1, 0.15) is 0 Å². The quantitative estimate of drug-likeness (QED) is 0.806. The first-order valence-corrected chi connectivity index (χ1v) is 6.94. The Bertz CT molecular complexity index is 718. The van der Waals surface area contributed by atoms with Crippen LogP contribution in [0.3, 0.4) is 0 Å². The van der Waals surface area contributed by atoms with Gasteiger partial charge in [-0.05, 0) is 29.3 Å². The summed E-state index contributed by atoms with van der Waals surface area (Å²) in [7, 11) is 0. The minimum absolute atomic E-state index is 0.562. The SMILES string of the molecule is NCc1ccc(Cn2cnc3ccccc32)c(Br)c1. The molecular weight excluding hydrogens is 302 g/mol. The van der Waals surface area contributed by atoms with Crippen molar-refractivity contribution in [2.24, 2.45) is 5.73 Å². The second kappa shape index (κ2) is 5.15. The number of aromatic nitrogens is 2. The van der Waals surface area contributed by atoms with Crippen LogP contribution in [0.1, 0.15) is 11.1 Å². The van der Waals surface area contributed by atoms with E-state index >= 15 is 0 Å². The molecule has 0 saturated carbocycles. The number of fused-ring (bicyclic) bond motifs is 1. The summed E-state index contributed by atoms with van der Waals surface area (Å²) < 4.78 is 3.24. The Morgan fingerprint density at radius 3 is 2.79 bits per heavy atom. The molecule has 0 unspecified atom stereocenters. The molecule has 2 N–H and O–H groups in total. The normalized spacial score (nSPS) is 11.1. The lowest BCUT2D eigenvalue weighted by atomic mass is 10.1. The zero-order valence-electron chi connectivity index (χ0n) is 10.4. The van der Waals surface area contributed by atoms with Crippen molar-refractivity contribution in [3.63, 3.8) is 0 Å². The van der Waals surface area contributed by atoms with Crippen molar-refractivity contribution in [2.75, 3.05) is 0 Å². The molecule has 0 aliphatic rings. The predicted octanol–water partition coefficient (Wildman–Crippen LogP) is 3.31. The first-order valence-electron chi connectivity index (χ1n) is 6.15. The molecule has 4 heteroatoms. The fraction of sp³-hybridized carbons (Fsp3) is 0.133. The van der Waals surface area contributed by atoms with Crippen LogP contribution in [0.15, 0.2) is 53.3 Å². The van der Waals surface area contributed by atoms with Gasteiger partial charge in [-0.1, -0.05) is 40.2 Å². The van der Waals surface area contributed by atoms with Crippen LogP contribution in [0.5, 0.6) is 0 Å². The van der Waals surface area contributed by atoms with E-state index in [-0.39, 0.29) is 0 Å². The van der Waals surface area contributed by atoms with Crippen molar-refractivity contribution in [1.29, 1.82) is 0 Å². The number of para-hydroxylation sites is 2. The van der Waals surface area contributed by atoms with Gasteiger partial charge in [0.25, 0.3) is 0 Å². The number of imidazole rings is 1. The molecule has 2 aromatic carbocycles. The molecule has 0 radical (unpaired) electrons. The second-order valence-corrected chi connectivity index (χ2v) is 5.35. The highest BCUT2D eigenvalue weighted by molar-refractivity contribution is 9.10. The molecule has 1 heterocycles. The van der Waals surface area contributed by atoms with Crippen LogP contribution >= 0.6 is 15.9 Å². The zero-order chi connectivity index (χ0) is 13.2. The molecule has 0 amide bonds.